The molecule has 1 saturated carbocycles. The molecule has 3 atom stereocenters. The first-order chi connectivity index (χ1) is 16.6. The fourth-order valence-corrected chi connectivity index (χ4v) is 5.92. The van der Waals surface area contributed by atoms with E-state index in [0.717, 1.165) is 17.0 Å². The number of allylic oxidation sites excluding steroid dienone is 2. The third kappa shape index (κ3) is 3.54. The number of carbonyl (C=O) groups is 3. The summed E-state index contributed by atoms with van der Waals surface area (Å²) in [7, 11) is 3.94. The molecule has 182 valence electrons. The standard InChI is InChI=1S/C26H27N3O6/c1-29(2)10-13-3-5-16(28-13)14-4-6-17(30)21-15(14)8-11-7-12-9-18(31)22(26(27)35)25(34)20(12)23(32)19(11)24(21)33/h3-6,11-12,20,28,30,33-34H,7-10H2,1-2H3,(H2,27,35). The first-order valence-electron chi connectivity index (χ1n) is 11.5. The third-order valence-corrected chi connectivity index (χ3v) is 7.29. The second-order valence-electron chi connectivity index (χ2n) is 9.87. The van der Waals surface area contributed by atoms with Crippen molar-refractivity contribution >= 4 is 23.2 Å². The Bertz CT molecular complexity index is 1350. The fraction of sp³-hybridized carbons (Fsp3) is 0.346. The number of nitrogens with one attached hydrogen (secondary N) is 1. The zero-order valence-corrected chi connectivity index (χ0v) is 19.5. The summed E-state index contributed by atoms with van der Waals surface area (Å²) in [6, 6.07) is 7.18. The fourth-order valence-electron chi connectivity index (χ4n) is 5.92. The van der Waals surface area contributed by atoms with Gasteiger partial charge in [0.25, 0.3) is 5.91 Å². The van der Waals surface area contributed by atoms with Crippen LogP contribution in [-0.2, 0) is 27.3 Å². The van der Waals surface area contributed by atoms with Crippen LogP contribution in [-0.4, -0.2) is 56.8 Å². The van der Waals surface area contributed by atoms with Gasteiger partial charge in [0.2, 0.25) is 0 Å². The van der Waals surface area contributed by atoms with Crippen LogP contribution in [0.15, 0.2) is 41.2 Å². The molecule has 1 aromatic carbocycles. The van der Waals surface area contributed by atoms with Crippen molar-refractivity contribution in [3.8, 4) is 17.0 Å². The van der Waals surface area contributed by atoms with E-state index < -0.39 is 46.6 Å². The summed E-state index contributed by atoms with van der Waals surface area (Å²) in [5, 5.41) is 32.5. The molecular weight excluding hydrogens is 450 g/mol. The molecular formula is C26H27N3O6. The van der Waals surface area contributed by atoms with Crippen molar-refractivity contribution < 1.29 is 29.7 Å². The van der Waals surface area contributed by atoms with E-state index in [1.54, 1.807) is 6.07 Å². The summed E-state index contributed by atoms with van der Waals surface area (Å²) in [5.74, 6) is -5.31. The number of nitrogens with zero attached hydrogens (tertiary/aromatic N) is 1. The van der Waals surface area contributed by atoms with Crippen molar-refractivity contribution in [1.82, 2.24) is 9.88 Å². The van der Waals surface area contributed by atoms with Crippen molar-refractivity contribution in [2.45, 2.75) is 25.8 Å². The maximum absolute atomic E-state index is 13.5. The molecule has 1 aromatic heterocycles. The predicted molar refractivity (Wildman–Crippen MR) is 127 cm³/mol. The Labute approximate surface area is 201 Å². The van der Waals surface area contributed by atoms with Crippen molar-refractivity contribution in [3.05, 3.63) is 58.0 Å². The van der Waals surface area contributed by atoms with Gasteiger partial charge in [0, 0.05) is 35.5 Å². The number of aromatic amines is 1. The van der Waals surface area contributed by atoms with Crippen molar-refractivity contribution in [2.75, 3.05) is 14.1 Å². The molecule has 0 radical (unpaired) electrons. The van der Waals surface area contributed by atoms with Crippen LogP contribution < -0.4 is 5.73 Å². The summed E-state index contributed by atoms with van der Waals surface area (Å²) >= 11 is 0. The lowest BCUT2D eigenvalue weighted by molar-refractivity contribution is -0.127. The quantitative estimate of drug-likeness (QED) is 0.423. The van der Waals surface area contributed by atoms with Gasteiger partial charge in [-0.1, -0.05) is 0 Å². The van der Waals surface area contributed by atoms with Gasteiger partial charge in [-0.3, -0.25) is 14.4 Å². The summed E-state index contributed by atoms with van der Waals surface area (Å²) in [6.45, 7) is 0.716. The SMILES string of the molecule is CN(C)Cc1ccc(-c2ccc(O)c3c2CC2CC4CC(=O)C(C(N)=O)=C(O)C4C(=O)C2=C3O)[nH]1. The van der Waals surface area contributed by atoms with E-state index in [1.807, 2.05) is 31.1 Å². The average molecular weight is 478 g/mol. The van der Waals surface area contributed by atoms with Crippen LogP contribution in [0.25, 0.3) is 17.0 Å². The normalized spacial score (nSPS) is 23.9. The van der Waals surface area contributed by atoms with Gasteiger partial charge in [-0.2, -0.15) is 0 Å². The number of ketones is 2. The van der Waals surface area contributed by atoms with E-state index in [2.05, 4.69) is 4.98 Å². The Morgan fingerprint density at radius 2 is 1.86 bits per heavy atom. The minimum atomic E-state index is -1.12. The van der Waals surface area contributed by atoms with Crippen LogP contribution in [0, 0.1) is 17.8 Å². The minimum absolute atomic E-state index is 0.0758. The predicted octanol–water partition coefficient (Wildman–Crippen LogP) is 2.37. The number of phenols is 1. The highest BCUT2D eigenvalue weighted by atomic mass is 16.3. The van der Waals surface area contributed by atoms with Crippen molar-refractivity contribution in [2.24, 2.45) is 23.5 Å². The molecule has 9 nitrogen and oxygen atoms in total. The van der Waals surface area contributed by atoms with Gasteiger partial charge in [0.15, 0.2) is 11.6 Å². The lowest BCUT2D eigenvalue weighted by Crippen LogP contribution is -2.44. The molecule has 0 bridgehead atoms. The van der Waals surface area contributed by atoms with Gasteiger partial charge >= 0.3 is 0 Å². The molecule has 5 rings (SSSR count). The second kappa shape index (κ2) is 8.13. The number of Topliss-reactive ketones (excluding diaryl/α,β-unsaturated/α-hetero) is 2. The van der Waals surface area contributed by atoms with E-state index in [0.29, 0.717) is 24.9 Å². The molecule has 0 saturated heterocycles. The summed E-state index contributed by atoms with van der Waals surface area (Å²) < 4.78 is 0. The van der Waals surface area contributed by atoms with Crippen LogP contribution in [0.4, 0.5) is 0 Å². The number of fused-ring (bicyclic) bond motifs is 3. The number of aromatic nitrogens is 1. The molecule has 0 aliphatic heterocycles. The highest BCUT2D eigenvalue weighted by Gasteiger charge is 2.51. The zero-order valence-electron chi connectivity index (χ0n) is 19.5. The van der Waals surface area contributed by atoms with Crippen LogP contribution in [0.3, 0.4) is 0 Å². The number of primary amides is 1. The topological polar surface area (TPSA) is 157 Å². The van der Waals surface area contributed by atoms with E-state index in [4.69, 9.17) is 5.73 Å². The van der Waals surface area contributed by atoms with Gasteiger partial charge in [-0.05, 0) is 68.6 Å². The molecule has 1 fully saturated rings. The molecule has 3 aliphatic rings. The Balaban J connectivity index is 1.62. The Morgan fingerprint density at radius 3 is 2.54 bits per heavy atom. The molecule has 9 heteroatoms. The Hall–Kier alpha value is -3.85. The van der Waals surface area contributed by atoms with Gasteiger partial charge in [-0.15, -0.1) is 0 Å². The first-order valence-corrected chi connectivity index (χ1v) is 11.5. The second-order valence-corrected chi connectivity index (χ2v) is 9.87. The molecule has 35 heavy (non-hydrogen) atoms. The lowest BCUT2D eigenvalue weighted by Gasteiger charge is -2.41. The van der Waals surface area contributed by atoms with Gasteiger partial charge < -0.3 is 30.9 Å². The van der Waals surface area contributed by atoms with E-state index in [-0.39, 0.29) is 29.1 Å². The zero-order chi connectivity index (χ0) is 25.2. The van der Waals surface area contributed by atoms with E-state index in [9.17, 15) is 29.7 Å². The number of hydrogen-bond donors (Lipinski definition) is 5. The molecule has 3 unspecified atom stereocenters. The Morgan fingerprint density at radius 1 is 1.11 bits per heavy atom. The summed E-state index contributed by atoms with van der Waals surface area (Å²) in [4.78, 5) is 43.1. The molecule has 3 aliphatic carbocycles. The number of rotatable bonds is 4. The number of benzene rings is 1. The van der Waals surface area contributed by atoms with Gasteiger partial charge in [0.05, 0.1) is 11.5 Å². The number of carbonyl (C=O) groups excluding carboxylic acids is 3. The Kier molecular flexibility index (Phi) is 5.32. The number of phenolic OH excluding ortho intramolecular Hbond substituents is 1. The maximum Gasteiger partial charge on any atom is 0.255 e. The van der Waals surface area contributed by atoms with Crippen molar-refractivity contribution in [1.29, 1.82) is 0 Å². The number of nitrogens with two attached hydrogens (primary N) is 1. The minimum Gasteiger partial charge on any atom is -0.511 e. The molecule has 0 spiro atoms. The van der Waals surface area contributed by atoms with Crippen molar-refractivity contribution in [3.63, 3.8) is 0 Å². The monoisotopic (exact) mass is 477 g/mol. The van der Waals surface area contributed by atoms with Gasteiger partial charge in [0.1, 0.15) is 22.8 Å². The number of aliphatic hydroxyl groups is 2. The highest BCUT2D eigenvalue weighted by molar-refractivity contribution is 6.21. The van der Waals surface area contributed by atoms with E-state index in [1.165, 1.54) is 6.07 Å². The smallest absolute Gasteiger partial charge is 0.255 e. The number of aliphatic hydroxyl groups excluding tert-OH is 2. The van der Waals surface area contributed by atoms with Crippen LogP contribution in [0.1, 0.15) is 29.7 Å². The number of amides is 1. The average Bonchev–Trinajstić information content (AvgIpc) is 3.20. The van der Waals surface area contributed by atoms with Crippen LogP contribution in [0.2, 0.25) is 0 Å². The largest absolute Gasteiger partial charge is 0.511 e. The van der Waals surface area contributed by atoms with Crippen LogP contribution >= 0.6 is 0 Å². The molecule has 2 aromatic rings. The van der Waals surface area contributed by atoms with E-state index >= 15 is 0 Å². The molecule has 6 N–H and O–H groups in total. The highest BCUT2D eigenvalue weighted by Crippen LogP contribution is 2.51. The first kappa shape index (κ1) is 22.9. The lowest BCUT2D eigenvalue weighted by atomic mass is 9.61. The number of aromatic hydroxyl groups is 1. The summed E-state index contributed by atoms with van der Waals surface area (Å²) in [5.41, 5.74) is 8.37. The number of H-pyrrole nitrogens is 1. The number of hydrogen-bond acceptors (Lipinski definition) is 7. The molecule has 1 heterocycles. The maximum atomic E-state index is 13.5. The molecule has 1 amide bonds. The van der Waals surface area contributed by atoms with Gasteiger partial charge in [-0.25, -0.2) is 0 Å². The van der Waals surface area contributed by atoms with Crippen LogP contribution in [0.5, 0.6) is 5.75 Å². The third-order valence-electron chi connectivity index (χ3n) is 7.29. The summed E-state index contributed by atoms with van der Waals surface area (Å²) in [6.07, 6.45) is 0.660.